The van der Waals surface area contributed by atoms with E-state index in [1.165, 1.54) is 0 Å². The third-order valence-corrected chi connectivity index (χ3v) is 1.92. The maximum absolute atomic E-state index is 11.6. The predicted molar refractivity (Wildman–Crippen MR) is 46.3 cm³/mol. The molecule has 0 bridgehead atoms. The Hall–Kier alpha value is -0.270. The number of halogens is 2. The van der Waals surface area contributed by atoms with Crippen molar-refractivity contribution in [3.63, 3.8) is 0 Å². The zero-order valence-electron chi connectivity index (χ0n) is 7.39. The Morgan fingerprint density at radius 2 is 1.92 bits per heavy atom. The van der Waals surface area contributed by atoms with Crippen LogP contribution >= 0.6 is 0 Å². The van der Waals surface area contributed by atoms with Gasteiger partial charge in [-0.05, 0) is 13.0 Å². The van der Waals surface area contributed by atoms with E-state index in [0.717, 1.165) is 6.26 Å². The molecule has 0 fully saturated rings. The summed E-state index contributed by atoms with van der Waals surface area (Å²) in [5, 5.41) is 2.49. The standard InChI is InChI=1S/C6H14F2N2O2S/c1-13(11,12)10-4-2-3-9-5-6(7)8/h6,9-10H,2-5H2,1H3. The van der Waals surface area contributed by atoms with E-state index in [1.54, 1.807) is 0 Å². The van der Waals surface area contributed by atoms with Gasteiger partial charge in [-0.25, -0.2) is 21.9 Å². The van der Waals surface area contributed by atoms with Gasteiger partial charge in [0.25, 0.3) is 6.43 Å². The van der Waals surface area contributed by atoms with Gasteiger partial charge in [-0.15, -0.1) is 0 Å². The lowest BCUT2D eigenvalue weighted by atomic mass is 10.4. The van der Waals surface area contributed by atoms with E-state index >= 15 is 0 Å². The first kappa shape index (κ1) is 12.7. The van der Waals surface area contributed by atoms with Crippen molar-refractivity contribution in [2.45, 2.75) is 12.8 Å². The third kappa shape index (κ3) is 11.7. The zero-order chi connectivity index (χ0) is 10.3. The summed E-state index contributed by atoms with van der Waals surface area (Å²) in [4.78, 5) is 0. The van der Waals surface area contributed by atoms with Crippen LogP contribution in [0.2, 0.25) is 0 Å². The smallest absolute Gasteiger partial charge is 0.250 e. The molecular formula is C6H14F2N2O2S. The maximum atomic E-state index is 11.6. The van der Waals surface area contributed by atoms with Crippen LogP contribution in [0.1, 0.15) is 6.42 Å². The van der Waals surface area contributed by atoms with Crippen molar-refractivity contribution in [1.82, 2.24) is 10.0 Å². The van der Waals surface area contributed by atoms with Crippen LogP contribution in [0.4, 0.5) is 8.78 Å². The van der Waals surface area contributed by atoms with Crippen molar-refractivity contribution in [1.29, 1.82) is 0 Å². The van der Waals surface area contributed by atoms with Crippen molar-refractivity contribution < 1.29 is 17.2 Å². The second-order valence-electron chi connectivity index (χ2n) is 2.62. The molecule has 0 aliphatic heterocycles. The molecule has 4 nitrogen and oxygen atoms in total. The monoisotopic (exact) mass is 216 g/mol. The highest BCUT2D eigenvalue weighted by Crippen LogP contribution is 1.87. The molecule has 2 N–H and O–H groups in total. The van der Waals surface area contributed by atoms with Crippen LogP contribution in [-0.2, 0) is 10.0 Å². The fourth-order valence-electron chi connectivity index (χ4n) is 0.682. The zero-order valence-corrected chi connectivity index (χ0v) is 8.20. The molecule has 0 rings (SSSR count). The van der Waals surface area contributed by atoms with Crippen molar-refractivity contribution in [2.24, 2.45) is 0 Å². The van der Waals surface area contributed by atoms with Gasteiger partial charge >= 0.3 is 0 Å². The molecule has 0 aliphatic carbocycles. The number of rotatable bonds is 7. The van der Waals surface area contributed by atoms with Crippen molar-refractivity contribution >= 4 is 10.0 Å². The molecule has 0 spiro atoms. The molecule has 0 unspecified atom stereocenters. The SMILES string of the molecule is CS(=O)(=O)NCCCNCC(F)F. The largest absolute Gasteiger partial charge is 0.311 e. The normalized spacial score (nSPS) is 12.3. The van der Waals surface area contributed by atoms with Gasteiger partial charge in [0, 0.05) is 6.54 Å². The van der Waals surface area contributed by atoms with E-state index < -0.39 is 16.4 Å². The number of hydrogen-bond acceptors (Lipinski definition) is 3. The predicted octanol–water partition coefficient (Wildman–Crippen LogP) is -0.220. The Morgan fingerprint density at radius 3 is 2.38 bits per heavy atom. The van der Waals surface area contributed by atoms with Crippen LogP contribution in [0.3, 0.4) is 0 Å². The van der Waals surface area contributed by atoms with Gasteiger partial charge in [0.2, 0.25) is 10.0 Å². The molecule has 0 aromatic rings. The van der Waals surface area contributed by atoms with Crippen molar-refractivity contribution in [3.05, 3.63) is 0 Å². The minimum absolute atomic E-state index is 0.273. The second kappa shape index (κ2) is 6.22. The van der Waals surface area contributed by atoms with Gasteiger partial charge in [0.15, 0.2) is 0 Å². The van der Waals surface area contributed by atoms with Crippen LogP contribution in [-0.4, -0.2) is 40.7 Å². The van der Waals surface area contributed by atoms with E-state index in [0.29, 0.717) is 13.0 Å². The molecular weight excluding hydrogens is 202 g/mol. The van der Waals surface area contributed by atoms with Gasteiger partial charge in [-0.2, -0.15) is 0 Å². The Balaban J connectivity index is 3.18. The highest BCUT2D eigenvalue weighted by Gasteiger charge is 2.01. The molecule has 0 saturated carbocycles. The third-order valence-electron chi connectivity index (χ3n) is 1.19. The Labute approximate surface area is 76.8 Å². The minimum Gasteiger partial charge on any atom is -0.311 e. The lowest BCUT2D eigenvalue weighted by molar-refractivity contribution is 0.146. The van der Waals surface area contributed by atoms with Crippen molar-refractivity contribution in [2.75, 3.05) is 25.9 Å². The molecule has 0 aromatic carbocycles. The topological polar surface area (TPSA) is 58.2 Å². The summed E-state index contributed by atoms with van der Waals surface area (Å²) in [5.74, 6) is 0. The summed E-state index contributed by atoms with van der Waals surface area (Å²) in [6.45, 7) is 0.306. The van der Waals surface area contributed by atoms with Gasteiger partial charge in [-0.1, -0.05) is 0 Å². The molecule has 80 valence electrons. The summed E-state index contributed by atoms with van der Waals surface area (Å²) in [6, 6.07) is 0. The van der Waals surface area contributed by atoms with Crippen LogP contribution in [0.25, 0.3) is 0 Å². The van der Waals surface area contributed by atoms with Gasteiger partial charge in [0.05, 0.1) is 12.8 Å². The van der Waals surface area contributed by atoms with E-state index in [1.807, 2.05) is 0 Å². The first-order chi connectivity index (χ1) is 5.92. The molecule has 0 heterocycles. The quantitative estimate of drug-likeness (QED) is 0.578. The highest BCUT2D eigenvalue weighted by atomic mass is 32.2. The molecule has 0 aromatic heterocycles. The Morgan fingerprint density at radius 1 is 1.31 bits per heavy atom. The molecule has 0 radical (unpaired) electrons. The fraction of sp³-hybridized carbons (Fsp3) is 1.00. The van der Waals surface area contributed by atoms with Crippen LogP contribution in [0, 0.1) is 0 Å². The number of nitrogens with one attached hydrogen (secondary N) is 2. The summed E-state index contributed by atoms with van der Waals surface area (Å²) >= 11 is 0. The van der Waals surface area contributed by atoms with Crippen molar-refractivity contribution in [3.8, 4) is 0 Å². The maximum Gasteiger partial charge on any atom is 0.250 e. The average molecular weight is 216 g/mol. The van der Waals surface area contributed by atoms with Crippen LogP contribution in [0.5, 0.6) is 0 Å². The Kier molecular flexibility index (Phi) is 6.10. The first-order valence-corrected chi connectivity index (χ1v) is 5.74. The molecule has 13 heavy (non-hydrogen) atoms. The average Bonchev–Trinajstić information content (AvgIpc) is 1.93. The molecule has 0 amide bonds. The summed E-state index contributed by atoms with van der Waals surface area (Å²) in [7, 11) is -3.15. The number of alkyl halides is 2. The summed E-state index contributed by atoms with van der Waals surface area (Å²) < 4.78 is 46.4. The van der Waals surface area contributed by atoms with Gasteiger partial charge in [0.1, 0.15) is 0 Å². The van der Waals surface area contributed by atoms with Crippen LogP contribution in [0.15, 0.2) is 0 Å². The fourth-order valence-corrected chi connectivity index (χ4v) is 1.20. The lowest BCUT2D eigenvalue weighted by Crippen LogP contribution is -2.28. The van der Waals surface area contributed by atoms with Gasteiger partial charge < -0.3 is 5.32 Å². The van der Waals surface area contributed by atoms with E-state index in [-0.39, 0.29) is 13.1 Å². The summed E-state index contributed by atoms with van der Waals surface area (Å²) in [6.07, 6.45) is -0.804. The van der Waals surface area contributed by atoms with Crippen LogP contribution < -0.4 is 10.0 Å². The summed E-state index contributed by atoms with van der Waals surface area (Å²) in [5.41, 5.74) is 0. The van der Waals surface area contributed by atoms with E-state index in [4.69, 9.17) is 0 Å². The first-order valence-electron chi connectivity index (χ1n) is 3.85. The number of hydrogen-bond donors (Lipinski definition) is 2. The molecule has 7 heteroatoms. The Bertz CT molecular complexity index is 219. The molecule has 0 saturated heterocycles. The van der Waals surface area contributed by atoms with E-state index in [2.05, 4.69) is 10.0 Å². The molecule has 0 aliphatic rings. The lowest BCUT2D eigenvalue weighted by Gasteiger charge is -2.03. The van der Waals surface area contributed by atoms with E-state index in [9.17, 15) is 17.2 Å². The molecule has 0 atom stereocenters. The second-order valence-corrected chi connectivity index (χ2v) is 4.45. The number of sulfonamides is 1. The van der Waals surface area contributed by atoms with Gasteiger partial charge in [-0.3, -0.25) is 0 Å². The minimum atomic E-state index is -3.15. The highest BCUT2D eigenvalue weighted by molar-refractivity contribution is 7.88.